The van der Waals surface area contributed by atoms with E-state index in [1.165, 1.54) is 44.5 Å². The Morgan fingerprint density at radius 1 is 0.680 bits per heavy atom. The van der Waals surface area contributed by atoms with Gasteiger partial charge < -0.3 is 5.32 Å². The number of hydrogen-bond acceptors (Lipinski definition) is 1. The molecule has 1 heterocycles. The fraction of sp³-hybridized carbons (Fsp3) is 0.0625. The van der Waals surface area contributed by atoms with Crippen LogP contribution in [0.25, 0.3) is 39.1 Å². The van der Waals surface area contributed by atoms with Gasteiger partial charge in [0.15, 0.2) is 0 Å². The third-order valence-electron chi connectivity index (χ3n) is 8.74. The molecule has 5 aromatic rings. The van der Waals surface area contributed by atoms with Gasteiger partial charge in [-0.05, 0) is 99.6 Å². The zero-order valence-electron chi connectivity index (χ0n) is 28.8. The highest BCUT2D eigenvalue weighted by Crippen LogP contribution is 2.35. The van der Waals surface area contributed by atoms with Crippen LogP contribution in [0.4, 0.5) is 0 Å². The summed E-state index contributed by atoms with van der Waals surface area (Å²) < 4.78 is 0. The lowest BCUT2D eigenvalue weighted by Gasteiger charge is -2.26. The fourth-order valence-corrected chi connectivity index (χ4v) is 6.83. The standard InChI is InChI=1S/C48H42NP/c1-5-8-15-44(34-50-46(7-3)14-6-2)41-19-13-21-43(31-41)48-33-45(39-28-26-37(27-29-39)36-16-10-9-11-17-36)32-47(49-48)42-20-12-18-40(30-42)38-24-22-35(4)23-25-38/h5-34,47,49H,2-3H2,1,4H3/b8-5+,44-15+,46-14+. The van der Waals surface area contributed by atoms with Gasteiger partial charge in [-0.15, -0.1) is 0 Å². The van der Waals surface area contributed by atoms with Crippen LogP contribution >= 0.6 is 8.20 Å². The normalized spacial score (nSPS) is 15.0. The molecule has 1 N–H and O–H groups in total. The van der Waals surface area contributed by atoms with Crippen molar-refractivity contribution in [3.05, 3.63) is 222 Å². The summed E-state index contributed by atoms with van der Waals surface area (Å²) in [6, 6.07) is 45.9. The fourth-order valence-electron chi connectivity index (χ4n) is 6.01. The van der Waals surface area contributed by atoms with Gasteiger partial charge in [-0.2, -0.15) is 0 Å². The van der Waals surface area contributed by atoms with Crippen molar-refractivity contribution in [1.29, 1.82) is 0 Å². The van der Waals surface area contributed by atoms with Gasteiger partial charge in [-0.1, -0.05) is 179 Å². The number of benzene rings is 5. The van der Waals surface area contributed by atoms with Crippen LogP contribution in [0.2, 0.25) is 0 Å². The molecule has 1 aliphatic heterocycles. The highest BCUT2D eigenvalue weighted by molar-refractivity contribution is 7.45. The largest absolute Gasteiger partial charge is 0.374 e. The third-order valence-corrected chi connectivity index (χ3v) is 9.78. The molecule has 50 heavy (non-hydrogen) atoms. The molecule has 6 rings (SSSR count). The summed E-state index contributed by atoms with van der Waals surface area (Å²) in [6.07, 6.45) is 16.7. The lowest BCUT2D eigenvalue weighted by molar-refractivity contribution is 0.767. The van der Waals surface area contributed by atoms with E-state index in [0.717, 1.165) is 35.9 Å². The summed E-state index contributed by atoms with van der Waals surface area (Å²) in [7, 11) is 1.06. The summed E-state index contributed by atoms with van der Waals surface area (Å²) in [5, 5.41) is 5.00. The molecule has 1 nitrogen and oxygen atoms in total. The molecule has 1 unspecified atom stereocenters. The van der Waals surface area contributed by atoms with Crippen molar-refractivity contribution >= 4 is 30.8 Å². The van der Waals surface area contributed by atoms with E-state index in [4.69, 9.17) is 0 Å². The predicted molar refractivity (Wildman–Crippen MR) is 221 cm³/mol. The summed E-state index contributed by atoms with van der Waals surface area (Å²) in [4.78, 5) is 0. The Morgan fingerprint density at radius 2 is 1.34 bits per heavy atom. The second kappa shape index (κ2) is 16.6. The van der Waals surface area contributed by atoms with Gasteiger partial charge in [-0.25, -0.2) is 0 Å². The van der Waals surface area contributed by atoms with Crippen LogP contribution in [-0.4, -0.2) is 5.80 Å². The van der Waals surface area contributed by atoms with Gasteiger partial charge in [0.05, 0.1) is 6.04 Å². The summed E-state index contributed by atoms with van der Waals surface area (Å²) in [6.45, 7) is 12.0. The number of aryl methyl sites for hydroxylation is 1. The summed E-state index contributed by atoms with van der Waals surface area (Å²) in [5.41, 5.74) is 14.2. The summed E-state index contributed by atoms with van der Waals surface area (Å²) >= 11 is 0. The quantitative estimate of drug-likeness (QED) is 0.110. The monoisotopic (exact) mass is 663 g/mol. The van der Waals surface area contributed by atoms with E-state index in [-0.39, 0.29) is 6.04 Å². The first kappa shape index (κ1) is 34.1. The second-order valence-corrected chi connectivity index (χ2v) is 13.3. The molecule has 0 saturated heterocycles. The van der Waals surface area contributed by atoms with Crippen molar-refractivity contribution < 1.29 is 0 Å². The van der Waals surface area contributed by atoms with Crippen molar-refractivity contribution in [2.24, 2.45) is 0 Å². The number of nitrogens with one attached hydrogen (secondary N) is 1. The van der Waals surface area contributed by atoms with Crippen molar-refractivity contribution in [2.45, 2.75) is 19.9 Å². The average Bonchev–Trinajstić information content (AvgIpc) is 3.18. The molecule has 0 bridgehead atoms. The number of allylic oxidation sites excluding steroid dienone is 10. The smallest absolute Gasteiger partial charge is 0.0707 e. The molecule has 1 atom stereocenters. The van der Waals surface area contributed by atoms with Crippen molar-refractivity contribution in [3.8, 4) is 22.3 Å². The minimum Gasteiger partial charge on any atom is -0.374 e. The Balaban J connectivity index is 1.40. The van der Waals surface area contributed by atoms with Crippen LogP contribution in [0.15, 0.2) is 194 Å². The number of hydrogen-bond donors (Lipinski definition) is 1. The van der Waals surface area contributed by atoms with E-state index in [9.17, 15) is 0 Å². The molecule has 0 saturated carbocycles. The van der Waals surface area contributed by atoms with Crippen molar-refractivity contribution in [3.63, 3.8) is 0 Å². The molecule has 0 spiro atoms. The Kier molecular flexibility index (Phi) is 11.3. The van der Waals surface area contributed by atoms with E-state index in [1.807, 2.05) is 25.2 Å². The van der Waals surface area contributed by atoms with Gasteiger partial charge in [0.1, 0.15) is 0 Å². The van der Waals surface area contributed by atoms with Gasteiger partial charge in [-0.3, -0.25) is 0 Å². The van der Waals surface area contributed by atoms with Crippen molar-refractivity contribution in [1.82, 2.24) is 5.32 Å². The van der Waals surface area contributed by atoms with E-state index < -0.39 is 0 Å². The predicted octanol–water partition coefficient (Wildman–Crippen LogP) is 13.1. The van der Waals surface area contributed by atoms with E-state index in [2.05, 4.69) is 189 Å². The molecular weight excluding hydrogens is 622 g/mol. The third kappa shape index (κ3) is 8.45. The van der Waals surface area contributed by atoms with Crippen LogP contribution in [-0.2, 0) is 0 Å². The highest BCUT2D eigenvalue weighted by Gasteiger charge is 2.19. The molecule has 0 aromatic heterocycles. The lowest BCUT2D eigenvalue weighted by Crippen LogP contribution is -2.22. The lowest BCUT2D eigenvalue weighted by atomic mass is 9.91. The van der Waals surface area contributed by atoms with Crippen LogP contribution in [0.1, 0.15) is 40.8 Å². The minimum atomic E-state index is -0.0184. The van der Waals surface area contributed by atoms with Crippen LogP contribution in [0.3, 0.4) is 0 Å². The van der Waals surface area contributed by atoms with E-state index >= 15 is 0 Å². The van der Waals surface area contributed by atoms with E-state index in [0.29, 0.717) is 0 Å². The zero-order chi connectivity index (χ0) is 34.7. The molecular formula is C48H42NP. The first-order valence-corrected chi connectivity index (χ1v) is 18.0. The molecule has 2 heteroatoms. The number of dihydropyridines is 1. The van der Waals surface area contributed by atoms with Gasteiger partial charge in [0.2, 0.25) is 0 Å². The zero-order valence-corrected chi connectivity index (χ0v) is 29.7. The maximum atomic E-state index is 3.98. The summed E-state index contributed by atoms with van der Waals surface area (Å²) in [5.74, 6) is 2.23. The van der Waals surface area contributed by atoms with Crippen LogP contribution in [0.5, 0.6) is 0 Å². The Bertz CT molecular complexity index is 2150. The molecule has 0 aliphatic carbocycles. The molecule has 0 radical (unpaired) electrons. The van der Waals surface area contributed by atoms with Crippen molar-refractivity contribution in [2.75, 3.05) is 0 Å². The Hall–Kier alpha value is -5.75. The van der Waals surface area contributed by atoms with E-state index in [1.54, 1.807) is 0 Å². The Labute approximate surface area is 299 Å². The first-order valence-electron chi connectivity index (χ1n) is 17.0. The van der Waals surface area contributed by atoms with Crippen LogP contribution in [0, 0.1) is 6.92 Å². The maximum absolute atomic E-state index is 3.98. The molecule has 5 aromatic carbocycles. The number of rotatable bonds is 11. The van der Waals surface area contributed by atoms with Gasteiger partial charge in [0.25, 0.3) is 0 Å². The van der Waals surface area contributed by atoms with Gasteiger partial charge >= 0.3 is 0 Å². The maximum Gasteiger partial charge on any atom is 0.0707 e. The molecule has 1 aliphatic rings. The first-order chi connectivity index (χ1) is 24.5. The Morgan fingerprint density at radius 3 is 2.08 bits per heavy atom. The molecule has 0 fully saturated rings. The molecule has 244 valence electrons. The minimum absolute atomic E-state index is 0.0184. The second-order valence-electron chi connectivity index (χ2n) is 12.3. The van der Waals surface area contributed by atoms with Gasteiger partial charge in [0, 0.05) is 11.0 Å². The molecule has 0 amide bonds. The SMILES string of the molecule is C=C/C=C(C=C)/P=C\C(=C/C=C/C)c1cccc(C2=CC(c3ccc(-c4ccccc4)cc3)=CC(c3cccc(-c4ccc(C)cc4)c3)N2)c1. The highest BCUT2D eigenvalue weighted by atomic mass is 31.1. The average molecular weight is 664 g/mol. The van der Waals surface area contributed by atoms with Crippen LogP contribution < -0.4 is 5.32 Å². The topological polar surface area (TPSA) is 12.0 Å².